The van der Waals surface area contributed by atoms with Crippen LogP contribution in [-0.2, 0) is 0 Å². The van der Waals surface area contributed by atoms with Crippen molar-refractivity contribution < 1.29 is 8.78 Å². The van der Waals surface area contributed by atoms with Gasteiger partial charge in [0, 0.05) is 15.8 Å². The second kappa shape index (κ2) is 4.31. The molecule has 2 rings (SSSR count). The molecule has 4 heteroatoms. The molecule has 1 unspecified atom stereocenters. The van der Waals surface area contributed by atoms with Crippen LogP contribution in [0.4, 0.5) is 8.78 Å². The van der Waals surface area contributed by atoms with Gasteiger partial charge in [0.05, 0.1) is 6.04 Å². The summed E-state index contributed by atoms with van der Waals surface area (Å²) in [7, 11) is 0. The van der Waals surface area contributed by atoms with Crippen LogP contribution in [0.25, 0.3) is 0 Å². The number of hydrogen-bond acceptors (Lipinski definition) is 2. The Labute approximate surface area is 96.5 Å². The lowest BCUT2D eigenvalue weighted by Gasteiger charge is -2.10. The number of rotatable bonds is 2. The zero-order chi connectivity index (χ0) is 11.7. The first-order chi connectivity index (χ1) is 7.56. The van der Waals surface area contributed by atoms with Crippen LogP contribution in [0.3, 0.4) is 0 Å². The van der Waals surface area contributed by atoms with Gasteiger partial charge in [0.15, 0.2) is 0 Å². The minimum atomic E-state index is -0.598. The molecule has 16 heavy (non-hydrogen) atoms. The van der Waals surface area contributed by atoms with Gasteiger partial charge in [-0.2, -0.15) is 0 Å². The molecule has 2 aromatic rings. The van der Waals surface area contributed by atoms with Gasteiger partial charge in [0.1, 0.15) is 11.6 Å². The second-order valence-electron chi connectivity index (χ2n) is 3.63. The predicted molar refractivity (Wildman–Crippen MR) is 61.4 cm³/mol. The summed E-state index contributed by atoms with van der Waals surface area (Å²) in [5.41, 5.74) is 6.40. The van der Waals surface area contributed by atoms with Gasteiger partial charge in [0.25, 0.3) is 0 Å². The average Bonchev–Trinajstić information content (AvgIpc) is 2.62. The van der Waals surface area contributed by atoms with E-state index < -0.39 is 17.7 Å². The molecule has 2 N–H and O–H groups in total. The van der Waals surface area contributed by atoms with Gasteiger partial charge >= 0.3 is 0 Å². The first kappa shape index (κ1) is 11.2. The fourth-order valence-corrected chi connectivity index (χ4v) is 2.45. The first-order valence-corrected chi connectivity index (χ1v) is 5.66. The van der Waals surface area contributed by atoms with Crippen LogP contribution >= 0.6 is 11.3 Å². The molecule has 0 bridgehead atoms. The fourth-order valence-electron chi connectivity index (χ4n) is 1.54. The number of hydrogen-bond donors (Lipinski definition) is 1. The SMILES string of the molecule is Cc1ccc(C(N)c2cc(F)cc(F)c2)s1. The summed E-state index contributed by atoms with van der Waals surface area (Å²) < 4.78 is 26.0. The molecule has 0 aliphatic rings. The lowest BCUT2D eigenvalue weighted by molar-refractivity contribution is 0.577. The third kappa shape index (κ3) is 2.28. The van der Waals surface area contributed by atoms with Crippen LogP contribution in [0.15, 0.2) is 30.3 Å². The molecule has 1 atom stereocenters. The summed E-state index contributed by atoms with van der Waals surface area (Å²) in [5.74, 6) is -1.20. The van der Waals surface area contributed by atoms with Gasteiger partial charge in [-0.05, 0) is 36.8 Å². The molecule has 1 nitrogen and oxygen atoms in total. The number of benzene rings is 1. The van der Waals surface area contributed by atoms with E-state index in [-0.39, 0.29) is 0 Å². The quantitative estimate of drug-likeness (QED) is 0.854. The Morgan fingerprint density at radius 3 is 2.25 bits per heavy atom. The van der Waals surface area contributed by atoms with Crippen molar-refractivity contribution in [1.82, 2.24) is 0 Å². The summed E-state index contributed by atoms with van der Waals surface area (Å²) in [6, 6.07) is 6.73. The summed E-state index contributed by atoms with van der Waals surface area (Å²) >= 11 is 1.53. The molecule has 0 spiro atoms. The van der Waals surface area contributed by atoms with Crippen molar-refractivity contribution in [1.29, 1.82) is 0 Å². The van der Waals surface area contributed by atoms with Crippen LogP contribution in [0, 0.1) is 18.6 Å². The fraction of sp³-hybridized carbons (Fsp3) is 0.167. The van der Waals surface area contributed by atoms with Crippen molar-refractivity contribution in [3.05, 3.63) is 57.3 Å². The van der Waals surface area contributed by atoms with Crippen molar-refractivity contribution in [2.75, 3.05) is 0 Å². The van der Waals surface area contributed by atoms with E-state index in [0.717, 1.165) is 15.8 Å². The third-order valence-corrected chi connectivity index (χ3v) is 3.40. The monoisotopic (exact) mass is 239 g/mol. The lowest BCUT2D eigenvalue weighted by atomic mass is 10.1. The van der Waals surface area contributed by atoms with Crippen molar-refractivity contribution in [2.45, 2.75) is 13.0 Å². The Bertz CT molecular complexity index is 487. The van der Waals surface area contributed by atoms with E-state index in [1.54, 1.807) is 0 Å². The number of halogens is 2. The highest BCUT2D eigenvalue weighted by atomic mass is 32.1. The molecule has 0 saturated carbocycles. The largest absolute Gasteiger partial charge is 0.320 e. The van der Waals surface area contributed by atoms with Crippen LogP contribution < -0.4 is 5.73 Å². The van der Waals surface area contributed by atoms with Gasteiger partial charge in [-0.25, -0.2) is 8.78 Å². The highest BCUT2D eigenvalue weighted by Gasteiger charge is 2.12. The first-order valence-electron chi connectivity index (χ1n) is 4.84. The van der Waals surface area contributed by atoms with Crippen molar-refractivity contribution in [2.24, 2.45) is 5.73 Å². The van der Waals surface area contributed by atoms with E-state index in [1.165, 1.54) is 23.5 Å². The molecule has 0 amide bonds. The molecular weight excluding hydrogens is 228 g/mol. The Balaban J connectivity index is 2.37. The normalized spacial score (nSPS) is 12.8. The molecular formula is C12H11F2NS. The zero-order valence-corrected chi connectivity index (χ0v) is 9.52. The summed E-state index contributed by atoms with van der Waals surface area (Å²) in [4.78, 5) is 2.03. The van der Waals surface area contributed by atoms with Gasteiger partial charge in [-0.3, -0.25) is 0 Å². The van der Waals surface area contributed by atoms with Crippen LogP contribution in [-0.4, -0.2) is 0 Å². The molecule has 1 aromatic heterocycles. The predicted octanol–water partition coefficient (Wildman–Crippen LogP) is 3.38. The van der Waals surface area contributed by atoms with Crippen LogP contribution in [0.5, 0.6) is 0 Å². The topological polar surface area (TPSA) is 26.0 Å². The number of aryl methyl sites for hydroxylation is 1. The van der Waals surface area contributed by atoms with Gasteiger partial charge in [0.2, 0.25) is 0 Å². The van der Waals surface area contributed by atoms with E-state index >= 15 is 0 Å². The van der Waals surface area contributed by atoms with Gasteiger partial charge in [-0.15, -0.1) is 11.3 Å². The van der Waals surface area contributed by atoms with E-state index in [2.05, 4.69) is 0 Å². The maximum atomic E-state index is 13.0. The molecule has 84 valence electrons. The van der Waals surface area contributed by atoms with Crippen molar-refractivity contribution in [3.63, 3.8) is 0 Å². The molecule has 0 radical (unpaired) electrons. The Hall–Kier alpha value is -1.26. The average molecular weight is 239 g/mol. The minimum Gasteiger partial charge on any atom is -0.320 e. The van der Waals surface area contributed by atoms with Gasteiger partial charge < -0.3 is 5.73 Å². The second-order valence-corrected chi connectivity index (χ2v) is 4.95. The third-order valence-electron chi connectivity index (χ3n) is 2.31. The maximum absolute atomic E-state index is 13.0. The maximum Gasteiger partial charge on any atom is 0.126 e. The smallest absolute Gasteiger partial charge is 0.126 e. The van der Waals surface area contributed by atoms with Crippen LogP contribution in [0.2, 0.25) is 0 Å². The summed E-state index contributed by atoms with van der Waals surface area (Å²) in [6.45, 7) is 1.97. The number of thiophene rings is 1. The summed E-state index contributed by atoms with van der Waals surface area (Å²) in [6.07, 6.45) is 0. The highest BCUT2D eigenvalue weighted by molar-refractivity contribution is 7.12. The molecule has 1 heterocycles. The lowest BCUT2D eigenvalue weighted by Crippen LogP contribution is -2.10. The molecule has 0 saturated heterocycles. The molecule has 0 aliphatic heterocycles. The summed E-state index contributed by atoms with van der Waals surface area (Å²) in [5, 5.41) is 0. The Kier molecular flexibility index (Phi) is 3.03. The highest BCUT2D eigenvalue weighted by Crippen LogP contribution is 2.27. The standard InChI is InChI=1S/C12H11F2NS/c1-7-2-3-11(16-7)12(15)8-4-9(13)6-10(14)5-8/h2-6,12H,15H2,1H3. The van der Waals surface area contributed by atoms with Crippen molar-refractivity contribution in [3.8, 4) is 0 Å². The van der Waals surface area contributed by atoms with E-state index in [4.69, 9.17) is 5.73 Å². The zero-order valence-electron chi connectivity index (χ0n) is 8.71. The van der Waals surface area contributed by atoms with E-state index in [9.17, 15) is 8.78 Å². The Morgan fingerprint density at radius 1 is 1.12 bits per heavy atom. The Morgan fingerprint density at radius 2 is 1.75 bits per heavy atom. The van der Waals surface area contributed by atoms with Gasteiger partial charge in [-0.1, -0.05) is 0 Å². The molecule has 0 aliphatic carbocycles. The molecule has 1 aromatic carbocycles. The molecule has 0 fully saturated rings. The number of nitrogens with two attached hydrogens (primary N) is 1. The van der Waals surface area contributed by atoms with Crippen molar-refractivity contribution >= 4 is 11.3 Å². The van der Waals surface area contributed by atoms with E-state index in [1.807, 2.05) is 19.1 Å². The van der Waals surface area contributed by atoms with Crippen LogP contribution in [0.1, 0.15) is 21.4 Å². The minimum absolute atomic E-state index is 0.458. The van der Waals surface area contributed by atoms with E-state index in [0.29, 0.717) is 5.56 Å².